The Labute approximate surface area is 149 Å². The Bertz CT molecular complexity index is 672. The molecule has 2 rings (SSSR count). The van der Waals surface area contributed by atoms with Gasteiger partial charge in [-0.1, -0.05) is 25.4 Å². The lowest BCUT2D eigenvalue weighted by Crippen LogP contribution is -2.27. The molecule has 5 nitrogen and oxygen atoms in total. The molecule has 0 spiro atoms. The maximum Gasteiger partial charge on any atom is 0.227 e. The van der Waals surface area contributed by atoms with Crippen molar-refractivity contribution in [3.63, 3.8) is 0 Å². The van der Waals surface area contributed by atoms with E-state index >= 15 is 0 Å². The summed E-state index contributed by atoms with van der Waals surface area (Å²) in [5.74, 6) is 2.20. The van der Waals surface area contributed by atoms with Gasteiger partial charge in [0.2, 0.25) is 5.95 Å². The number of nitrogens with zero attached hydrogens (tertiary/aromatic N) is 3. The summed E-state index contributed by atoms with van der Waals surface area (Å²) in [7, 11) is 1.63. The second kappa shape index (κ2) is 8.73. The average Bonchev–Trinajstić information content (AvgIpc) is 2.54. The van der Waals surface area contributed by atoms with Gasteiger partial charge in [-0.3, -0.25) is 0 Å². The summed E-state index contributed by atoms with van der Waals surface area (Å²) >= 11 is 6.10. The Balaban J connectivity index is 2.33. The van der Waals surface area contributed by atoms with Gasteiger partial charge in [0.05, 0.1) is 12.8 Å². The number of ether oxygens (including phenoxy) is 1. The Hall–Kier alpha value is -2.01. The van der Waals surface area contributed by atoms with E-state index in [2.05, 4.69) is 34.0 Å². The molecule has 0 saturated heterocycles. The fourth-order valence-corrected chi connectivity index (χ4v) is 2.70. The highest BCUT2D eigenvalue weighted by Gasteiger charge is 2.12. The minimum atomic E-state index is 0.642. The minimum absolute atomic E-state index is 0.642. The number of hydrogen-bond donors (Lipinski definition) is 1. The zero-order valence-corrected chi connectivity index (χ0v) is 15.5. The SMILES string of the molecule is CCCN(CCC)c1nc(C)cc(Nc2cc(Cl)ccc2OC)n1. The minimum Gasteiger partial charge on any atom is -0.495 e. The third-order valence-electron chi connectivity index (χ3n) is 3.54. The van der Waals surface area contributed by atoms with Crippen molar-refractivity contribution in [3.05, 3.63) is 35.0 Å². The first-order valence-electron chi connectivity index (χ1n) is 8.28. The van der Waals surface area contributed by atoms with E-state index in [1.165, 1.54) is 0 Å². The van der Waals surface area contributed by atoms with Crippen molar-refractivity contribution in [2.45, 2.75) is 33.6 Å². The molecule has 0 aliphatic heterocycles. The highest BCUT2D eigenvalue weighted by atomic mass is 35.5. The molecule has 130 valence electrons. The number of aryl methyl sites for hydroxylation is 1. The number of hydrogen-bond acceptors (Lipinski definition) is 5. The van der Waals surface area contributed by atoms with Gasteiger partial charge in [0.25, 0.3) is 0 Å². The third kappa shape index (κ3) is 4.74. The zero-order valence-electron chi connectivity index (χ0n) is 14.8. The number of halogens is 1. The molecule has 2 aromatic rings. The number of anilines is 3. The van der Waals surface area contributed by atoms with Gasteiger partial charge in [-0.15, -0.1) is 0 Å². The third-order valence-corrected chi connectivity index (χ3v) is 3.77. The number of aromatic nitrogens is 2. The molecule has 0 saturated carbocycles. The molecular weight excluding hydrogens is 324 g/mol. The van der Waals surface area contributed by atoms with Crippen molar-refractivity contribution in [1.82, 2.24) is 9.97 Å². The fraction of sp³-hybridized carbons (Fsp3) is 0.444. The molecule has 0 radical (unpaired) electrons. The first kappa shape index (κ1) is 18.3. The van der Waals surface area contributed by atoms with Crippen LogP contribution in [0.1, 0.15) is 32.4 Å². The van der Waals surface area contributed by atoms with Crippen LogP contribution in [0.4, 0.5) is 17.5 Å². The molecule has 0 atom stereocenters. The lowest BCUT2D eigenvalue weighted by Gasteiger charge is -2.22. The lowest BCUT2D eigenvalue weighted by atomic mass is 10.3. The van der Waals surface area contributed by atoms with Gasteiger partial charge < -0.3 is 15.0 Å². The standard InChI is InChI=1S/C18H25ClN4O/c1-5-9-23(10-6-2)18-20-13(3)11-17(22-18)21-15-12-14(19)7-8-16(15)24-4/h7-8,11-12H,5-6,9-10H2,1-4H3,(H,20,21,22). The second-order valence-corrected chi connectivity index (χ2v) is 6.09. The van der Waals surface area contributed by atoms with Crippen molar-refractivity contribution < 1.29 is 4.74 Å². The van der Waals surface area contributed by atoms with E-state index in [9.17, 15) is 0 Å². The van der Waals surface area contributed by atoms with Gasteiger partial charge in [0, 0.05) is 29.9 Å². The van der Waals surface area contributed by atoms with Crippen LogP contribution in [0.2, 0.25) is 5.02 Å². The van der Waals surface area contributed by atoms with Gasteiger partial charge in [-0.25, -0.2) is 4.98 Å². The first-order valence-corrected chi connectivity index (χ1v) is 8.66. The molecule has 1 heterocycles. The van der Waals surface area contributed by atoms with Crippen molar-refractivity contribution >= 4 is 29.1 Å². The maximum atomic E-state index is 6.10. The predicted octanol–water partition coefficient (Wildman–Crippen LogP) is 4.82. The van der Waals surface area contributed by atoms with Crippen molar-refractivity contribution in [3.8, 4) is 5.75 Å². The molecule has 1 aromatic heterocycles. The number of rotatable bonds is 8. The predicted molar refractivity (Wildman–Crippen MR) is 101 cm³/mol. The Morgan fingerprint density at radius 1 is 1.12 bits per heavy atom. The van der Waals surface area contributed by atoms with Gasteiger partial charge in [0.1, 0.15) is 11.6 Å². The molecule has 1 aromatic carbocycles. The quantitative estimate of drug-likeness (QED) is 0.741. The van der Waals surface area contributed by atoms with Gasteiger partial charge in [0.15, 0.2) is 0 Å². The van der Waals surface area contributed by atoms with Crippen LogP contribution in [0.15, 0.2) is 24.3 Å². The van der Waals surface area contributed by atoms with Crippen LogP contribution in [0, 0.1) is 6.92 Å². The van der Waals surface area contributed by atoms with Crippen LogP contribution >= 0.6 is 11.6 Å². The molecule has 0 fully saturated rings. The number of nitrogens with one attached hydrogen (secondary N) is 1. The molecular formula is C18H25ClN4O. The van der Waals surface area contributed by atoms with Crippen LogP contribution in [-0.4, -0.2) is 30.2 Å². The van der Waals surface area contributed by atoms with E-state index in [4.69, 9.17) is 16.3 Å². The summed E-state index contributed by atoms with van der Waals surface area (Å²) in [6, 6.07) is 7.37. The van der Waals surface area contributed by atoms with Crippen LogP contribution < -0.4 is 15.0 Å². The Morgan fingerprint density at radius 3 is 2.46 bits per heavy atom. The molecule has 24 heavy (non-hydrogen) atoms. The molecule has 0 amide bonds. The first-order chi connectivity index (χ1) is 11.6. The van der Waals surface area contributed by atoms with Crippen molar-refractivity contribution in [1.29, 1.82) is 0 Å². The highest BCUT2D eigenvalue weighted by molar-refractivity contribution is 6.31. The largest absolute Gasteiger partial charge is 0.495 e. The summed E-state index contributed by atoms with van der Waals surface area (Å²) in [4.78, 5) is 11.5. The van der Waals surface area contributed by atoms with Crippen molar-refractivity contribution in [2.75, 3.05) is 30.4 Å². The number of methoxy groups -OCH3 is 1. The summed E-state index contributed by atoms with van der Waals surface area (Å²) in [6.07, 6.45) is 2.12. The fourth-order valence-electron chi connectivity index (χ4n) is 2.53. The second-order valence-electron chi connectivity index (χ2n) is 5.65. The molecule has 0 aliphatic rings. The zero-order chi connectivity index (χ0) is 17.5. The van der Waals surface area contributed by atoms with E-state index in [0.717, 1.165) is 54.8 Å². The number of benzene rings is 1. The average molecular weight is 349 g/mol. The van der Waals surface area contributed by atoms with Crippen LogP contribution in [0.3, 0.4) is 0 Å². The smallest absolute Gasteiger partial charge is 0.227 e. The Kier molecular flexibility index (Phi) is 6.67. The molecule has 1 N–H and O–H groups in total. The maximum absolute atomic E-state index is 6.10. The van der Waals surface area contributed by atoms with Crippen molar-refractivity contribution in [2.24, 2.45) is 0 Å². The van der Waals surface area contributed by atoms with E-state index in [0.29, 0.717) is 5.02 Å². The summed E-state index contributed by atoms with van der Waals surface area (Å²) < 4.78 is 5.38. The topological polar surface area (TPSA) is 50.3 Å². The highest BCUT2D eigenvalue weighted by Crippen LogP contribution is 2.30. The molecule has 0 bridgehead atoms. The van der Waals surface area contributed by atoms with E-state index in [1.54, 1.807) is 13.2 Å². The monoisotopic (exact) mass is 348 g/mol. The van der Waals surface area contributed by atoms with Gasteiger partial charge >= 0.3 is 0 Å². The summed E-state index contributed by atoms with van der Waals surface area (Å²) in [5, 5.41) is 3.94. The van der Waals surface area contributed by atoms with Crippen LogP contribution in [0.5, 0.6) is 5.75 Å². The van der Waals surface area contributed by atoms with Crippen LogP contribution in [-0.2, 0) is 0 Å². The summed E-state index contributed by atoms with van der Waals surface area (Å²) in [5.41, 5.74) is 1.70. The molecule has 0 unspecified atom stereocenters. The Morgan fingerprint density at radius 2 is 1.83 bits per heavy atom. The van der Waals surface area contributed by atoms with Gasteiger partial charge in [-0.05, 0) is 38.0 Å². The van der Waals surface area contributed by atoms with E-state index < -0.39 is 0 Å². The van der Waals surface area contributed by atoms with Crippen LogP contribution in [0.25, 0.3) is 0 Å². The lowest BCUT2D eigenvalue weighted by molar-refractivity contribution is 0.417. The molecule has 0 aliphatic carbocycles. The molecule has 6 heteroatoms. The van der Waals surface area contributed by atoms with Gasteiger partial charge in [-0.2, -0.15) is 4.98 Å². The normalized spacial score (nSPS) is 10.5. The van der Waals surface area contributed by atoms with E-state index in [1.807, 2.05) is 25.1 Å². The van der Waals surface area contributed by atoms with E-state index in [-0.39, 0.29) is 0 Å². The summed E-state index contributed by atoms with van der Waals surface area (Å²) in [6.45, 7) is 8.18.